The Labute approximate surface area is 123 Å². The van der Waals surface area contributed by atoms with Gasteiger partial charge in [0, 0.05) is 25.9 Å². The molecule has 0 aromatic rings. The van der Waals surface area contributed by atoms with Gasteiger partial charge in [-0.25, -0.2) is 0 Å². The van der Waals surface area contributed by atoms with E-state index in [2.05, 4.69) is 9.64 Å². The van der Waals surface area contributed by atoms with Gasteiger partial charge in [0.1, 0.15) is 0 Å². The number of likely N-dealkylation sites (tertiary alicyclic amines) is 2. The Kier molecular flexibility index (Phi) is 5.44. The molecule has 2 saturated heterocycles. The summed E-state index contributed by atoms with van der Waals surface area (Å²) in [7, 11) is 0. The Morgan fingerprint density at radius 2 is 1.43 bits per heavy atom. The average Bonchev–Trinajstić information content (AvgIpc) is 3.06. The second-order valence-corrected chi connectivity index (χ2v) is 5.33. The summed E-state index contributed by atoms with van der Waals surface area (Å²) in [6.07, 6.45) is 2.74. The van der Waals surface area contributed by atoms with Gasteiger partial charge in [0.25, 0.3) is 0 Å². The molecule has 2 rings (SSSR count). The number of ether oxygens (including phenoxy) is 1. The predicted octanol–water partition coefficient (Wildman–Crippen LogP) is 0.0812. The number of carbonyl (C=O) groups is 4. The highest BCUT2D eigenvalue weighted by atomic mass is 16.6. The minimum absolute atomic E-state index is 0.00406. The Balaban J connectivity index is 1.63. The van der Waals surface area contributed by atoms with Crippen LogP contribution >= 0.6 is 0 Å². The van der Waals surface area contributed by atoms with Gasteiger partial charge in [-0.15, -0.1) is 0 Å². The van der Waals surface area contributed by atoms with Gasteiger partial charge in [0.05, 0.1) is 12.8 Å². The van der Waals surface area contributed by atoms with E-state index in [1.165, 1.54) is 0 Å². The van der Waals surface area contributed by atoms with E-state index in [0.717, 1.165) is 30.8 Å². The highest BCUT2D eigenvalue weighted by molar-refractivity contribution is 6.02. The monoisotopic (exact) mass is 296 g/mol. The minimum Gasteiger partial charge on any atom is -0.393 e. The minimum atomic E-state index is -0.686. The molecule has 2 heterocycles. The van der Waals surface area contributed by atoms with E-state index in [1.807, 2.05) is 0 Å². The molecule has 0 unspecified atom stereocenters. The normalized spacial score (nSPS) is 19.3. The predicted molar refractivity (Wildman–Crippen MR) is 72.0 cm³/mol. The lowest BCUT2D eigenvalue weighted by Crippen LogP contribution is -2.32. The molecule has 0 aliphatic carbocycles. The summed E-state index contributed by atoms with van der Waals surface area (Å²) in [6.45, 7) is 2.58. The van der Waals surface area contributed by atoms with Crippen molar-refractivity contribution in [3.8, 4) is 0 Å². The summed E-state index contributed by atoms with van der Waals surface area (Å²) in [5, 5.41) is 0. The molecule has 7 nitrogen and oxygen atoms in total. The lowest BCUT2D eigenvalue weighted by Gasteiger charge is -2.14. The third-order valence-corrected chi connectivity index (χ3v) is 3.75. The topological polar surface area (TPSA) is 84.0 Å². The molecule has 0 bridgehead atoms. The quantitative estimate of drug-likeness (QED) is 0.392. The first-order valence-electron chi connectivity index (χ1n) is 7.35. The molecule has 2 aliphatic rings. The number of esters is 2. The second kappa shape index (κ2) is 7.31. The van der Waals surface area contributed by atoms with E-state index in [-0.39, 0.29) is 44.0 Å². The summed E-state index contributed by atoms with van der Waals surface area (Å²) in [5.41, 5.74) is 0. The van der Waals surface area contributed by atoms with Crippen LogP contribution in [-0.2, 0) is 23.9 Å². The van der Waals surface area contributed by atoms with Crippen LogP contribution in [0.25, 0.3) is 0 Å². The molecule has 2 fully saturated rings. The molecule has 0 saturated carbocycles. The van der Waals surface area contributed by atoms with Crippen LogP contribution in [0, 0.1) is 0 Å². The van der Waals surface area contributed by atoms with Crippen LogP contribution in [0.5, 0.6) is 0 Å². The van der Waals surface area contributed by atoms with Crippen LogP contribution in [0.1, 0.15) is 38.5 Å². The molecule has 0 atom stereocenters. The van der Waals surface area contributed by atoms with Crippen molar-refractivity contribution in [1.82, 2.24) is 9.80 Å². The first-order valence-corrected chi connectivity index (χ1v) is 7.35. The van der Waals surface area contributed by atoms with Crippen molar-refractivity contribution in [2.45, 2.75) is 38.5 Å². The molecule has 0 aromatic carbocycles. The maximum atomic E-state index is 11.5. The summed E-state index contributed by atoms with van der Waals surface area (Å²) in [6, 6.07) is 0. The highest BCUT2D eigenvalue weighted by Gasteiger charge is 2.29. The third kappa shape index (κ3) is 4.63. The number of hydrogen-bond donors (Lipinski definition) is 0. The van der Waals surface area contributed by atoms with E-state index in [0.29, 0.717) is 6.54 Å². The van der Waals surface area contributed by atoms with Gasteiger partial charge in [-0.1, -0.05) is 0 Å². The van der Waals surface area contributed by atoms with Gasteiger partial charge in [0.15, 0.2) is 0 Å². The van der Waals surface area contributed by atoms with Crippen LogP contribution < -0.4 is 0 Å². The van der Waals surface area contributed by atoms with Crippen molar-refractivity contribution in [2.75, 3.05) is 26.2 Å². The molecule has 0 aromatic heterocycles. The fraction of sp³-hybridized carbons (Fsp3) is 0.714. The van der Waals surface area contributed by atoms with Crippen LogP contribution in [0.3, 0.4) is 0 Å². The Hall–Kier alpha value is -1.76. The van der Waals surface area contributed by atoms with Crippen molar-refractivity contribution in [3.63, 3.8) is 0 Å². The Morgan fingerprint density at radius 3 is 2.00 bits per heavy atom. The molecule has 7 heteroatoms. The molecule has 116 valence electrons. The van der Waals surface area contributed by atoms with E-state index >= 15 is 0 Å². The number of imide groups is 1. The average molecular weight is 296 g/mol. The van der Waals surface area contributed by atoms with E-state index < -0.39 is 11.9 Å². The molecular weight excluding hydrogens is 276 g/mol. The van der Waals surface area contributed by atoms with Gasteiger partial charge < -0.3 is 9.64 Å². The SMILES string of the molecule is O=C(CCN1CCCC1)OC(=O)CCN1C(=O)CCC1=O. The first kappa shape index (κ1) is 15.6. The molecule has 0 N–H and O–H groups in total. The van der Waals surface area contributed by atoms with Crippen molar-refractivity contribution in [2.24, 2.45) is 0 Å². The van der Waals surface area contributed by atoms with Gasteiger partial charge in [-0.05, 0) is 25.9 Å². The lowest BCUT2D eigenvalue weighted by molar-refractivity contribution is -0.159. The molecule has 0 spiro atoms. The van der Waals surface area contributed by atoms with Gasteiger partial charge in [-0.3, -0.25) is 24.1 Å². The maximum Gasteiger partial charge on any atom is 0.315 e. The maximum absolute atomic E-state index is 11.5. The summed E-state index contributed by atoms with van der Waals surface area (Å²) in [4.78, 5) is 48.9. The van der Waals surface area contributed by atoms with Crippen LogP contribution in [0.15, 0.2) is 0 Å². The fourth-order valence-corrected chi connectivity index (χ4v) is 2.56. The van der Waals surface area contributed by atoms with Gasteiger partial charge in [-0.2, -0.15) is 0 Å². The number of nitrogens with zero attached hydrogens (tertiary/aromatic N) is 2. The molecule has 2 amide bonds. The van der Waals surface area contributed by atoms with E-state index in [4.69, 9.17) is 0 Å². The summed E-state index contributed by atoms with van der Waals surface area (Å²) >= 11 is 0. The zero-order valence-corrected chi connectivity index (χ0v) is 12.0. The number of hydrogen-bond acceptors (Lipinski definition) is 6. The van der Waals surface area contributed by atoms with E-state index in [9.17, 15) is 19.2 Å². The molecule has 21 heavy (non-hydrogen) atoms. The number of rotatable bonds is 6. The number of amides is 2. The molecule has 0 radical (unpaired) electrons. The van der Waals surface area contributed by atoms with Gasteiger partial charge in [0.2, 0.25) is 11.8 Å². The Bertz CT molecular complexity index is 427. The fourth-order valence-electron chi connectivity index (χ4n) is 2.56. The largest absolute Gasteiger partial charge is 0.393 e. The number of carbonyl (C=O) groups excluding carboxylic acids is 4. The second-order valence-electron chi connectivity index (χ2n) is 5.33. The molecular formula is C14H20N2O5. The first-order chi connectivity index (χ1) is 10.1. The smallest absolute Gasteiger partial charge is 0.315 e. The third-order valence-electron chi connectivity index (χ3n) is 3.75. The van der Waals surface area contributed by atoms with Crippen LogP contribution in [0.2, 0.25) is 0 Å². The lowest BCUT2D eigenvalue weighted by atomic mass is 10.3. The Morgan fingerprint density at radius 1 is 0.905 bits per heavy atom. The van der Waals surface area contributed by atoms with Crippen LogP contribution in [-0.4, -0.2) is 59.7 Å². The van der Waals surface area contributed by atoms with E-state index in [1.54, 1.807) is 0 Å². The van der Waals surface area contributed by atoms with Crippen molar-refractivity contribution < 1.29 is 23.9 Å². The summed E-state index contributed by atoms with van der Waals surface area (Å²) < 4.78 is 4.69. The zero-order chi connectivity index (χ0) is 15.2. The summed E-state index contributed by atoms with van der Waals surface area (Å²) in [5.74, 6) is -1.78. The van der Waals surface area contributed by atoms with Crippen LogP contribution in [0.4, 0.5) is 0 Å². The zero-order valence-electron chi connectivity index (χ0n) is 12.0. The van der Waals surface area contributed by atoms with Crippen molar-refractivity contribution >= 4 is 23.8 Å². The standard InChI is InChI=1S/C14H20N2O5/c17-11-3-4-12(18)16(11)10-6-14(20)21-13(19)5-9-15-7-1-2-8-15/h1-10H2. The molecule has 2 aliphatic heterocycles. The van der Waals surface area contributed by atoms with Gasteiger partial charge >= 0.3 is 11.9 Å². The van der Waals surface area contributed by atoms with Crippen molar-refractivity contribution in [3.05, 3.63) is 0 Å². The van der Waals surface area contributed by atoms with Crippen molar-refractivity contribution in [1.29, 1.82) is 0 Å². The highest BCUT2D eigenvalue weighted by Crippen LogP contribution is 2.12.